The van der Waals surface area contributed by atoms with Crippen molar-refractivity contribution in [3.05, 3.63) is 17.9 Å². The van der Waals surface area contributed by atoms with Gasteiger partial charge in [-0.15, -0.1) is 13.2 Å². The number of benzene rings is 1. The Morgan fingerprint density at radius 1 is 1.00 bits per heavy atom. The second-order valence-electron chi connectivity index (χ2n) is 2.95. The van der Waals surface area contributed by atoms with Gasteiger partial charge in [0.2, 0.25) is 11.6 Å². The minimum atomic E-state index is -5.20. The summed E-state index contributed by atoms with van der Waals surface area (Å²) in [4.78, 5) is 0. The van der Waals surface area contributed by atoms with Gasteiger partial charge in [-0.1, -0.05) is 0 Å². The van der Waals surface area contributed by atoms with E-state index in [-0.39, 0.29) is 0 Å². The van der Waals surface area contributed by atoms with Crippen molar-refractivity contribution < 1.29 is 47.5 Å². The van der Waals surface area contributed by atoms with E-state index >= 15 is 0 Å². The van der Waals surface area contributed by atoms with Gasteiger partial charge in [-0.05, 0) is 12.1 Å². The fraction of sp³-hybridized carbons (Fsp3) is 0.250. The van der Waals surface area contributed by atoms with E-state index in [9.17, 15) is 17.6 Å². The molecule has 0 bridgehead atoms. The number of aromatic hydroxyl groups is 1. The van der Waals surface area contributed by atoms with Gasteiger partial charge >= 0.3 is 12.5 Å². The summed E-state index contributed by atoms with van der Waals surface area (Å²) in [5, 5.41) is 34.2. The fourth-order valence-corrected chi connectivity index (χ4v) is 0.965. The second-order valence-corrected chi connectivity index (χ2v) is 2.95. The van der Waals surface area contributed by atoms with Crippen molar-refractivity contribution in [2.45, 2.75) is 12.5 Å². The summed E-state index contributed by atoms with van der Waals surface area (Å²) in [6.45, 7) is 0. The third-order valence-electron chi connectivity index (χ3n) is 1.51. The molecule has 6 nitrogen and oxygen atoms in total. The first kappa shape index (κ1) is 14.3. The molecule has 0 fully saturated rings. The largest absolute Gasteiger partial charge is 0.573 e. The van der Waals surface area contributed by atoms with Gasteiger partial charge in [-0.2, -0.15) is 4.39 Å². The normalized spacial score (nSPS) is 12.4. The Morgan fingerprint density at radius 2 is 1.56 bits per heavy atom. The predicted molar refractivity (Wildman–Crippen MR) is 44.8 cm³/mol. The highest BCUT2D eigenvalue weighted by Crippen LogP contribution is 2.38. The zero-order valence-corrected chi connectivity index (χ0v) is 8.27. The first-order chi connectivity index (χ1) is 7.99. The molecule has 10 heteroatoms. The van der Waals surface area contributed by atoms with Crippen molar-refractivity contribution in [1.29, 1.82) is 0 Å². The van der Waals surface area contributed by atoms with Crippen LogP contribution in [0.4, 0.5) is 17.6 Å². The number of alkyl halides is 3. The van der Waals surface area contributed by atoms with Gasteiger partial charge in [0.05, 0.1) is 0 Å². The number of hydrogen-bond donors (Lipinski definition) is 4. The standard InChI is InChI=1S/C8H6F4O6/c9-5-4(17-7(10,11)12)2-1-3(13)6(5)18-8(14,15)16/h1-2,13-16H. The van der Waals surface area contributed by atoms with Crippen LogP contribution in [0.15, 0.2) is 12.1 Å². The van der Waals surface area contributed by atoms with E-state index in [1.54, 1.807) is 0 Å². The molecule has 0 radical (unpaired) electrons. The van der Waals surface area contributed by atoms with Crippen molar-refractivity contribution in [2.75, 3.05) is 0 Å². The van der Waals surface area contributed by atoms with E-state index in [0.717, 1.165) is 0 Å². The van der Waals surface area contributed by atoms with Gasteiger partial charge in [0.15, 0.2) is 11.5 Å². The molecule has 0 aliphatic heterocycles. The second kappa shape index (κ2) is 4.48. The number of ether oxygens (including phenoxy) is 2. The van der Waals surface area contributed by atoms with Crippen LogP contribution in [-0.4, -0.2) is 32.9 Å². The Labute approximate surface area is 96.2 Å². The van der Waals surface area contributed by atoms with Crippen LogP contribution in [0.5, 0.6) is 17.2 Å². The molecule has 0 aliphatic rings. The zero-order chi connectivity index (χ0) is 14.1. The number of aliphatic hydroxyl groups is 3. The molecule has 18 heavy (non-hydrogen) atoms. The number of rotatable bonds is 3. The van der Waals surface area contributed by atoms with Gasteiger partial charge in [-0.25, -0.2) is 0 Å². The van der Waals surface area contributed by atoms with E-state index < -0.39 is 35.6 Å². The third kappa shape index (κ3) is 3.91. The molecule has 0 aromatic heterocycles. The molecule has 0 amide bonds. The molecule has 0 atom stereocenters. The first-order valence-corrected chi connectivity index (χ1v) is 4.13. The number of phenolic OH excluding ortho intramolecular Hbond substituents is 1. The Bertz CT molecular complexity index is 438. The van der Waals surface area contributed by atoms with Crippen molar-refractivity contribution in [3.8, 4) is 17.2 Å². The van der Waals surface area contributed by atoms with Crippen molar-refractivity contribution >= 4 is 0 Å². The Kier molecular flexibility index (Phi) is 3.55. The van der Waals surface area contributed by atoms with E-state index in [1.165, 1.54) is 0 Å². The highest BCUT2D eigenvalue weighted by atomic mass is 19.4. The Balaban J connectivity index is 3.15. The molecule has 1 aromatic rings. The summed E-state index contributed by atoms with van der Waals surface area (Å²) in [6, 6.07) is 0.962. The molecule has 0 heterocycles. The maximum Gasteiger partial charge on any atom is 0.573 e. The highest BCUT2D eigenvalue weighted by molar-refractivity contribution is 5.46. The van der Waals surface area contributed by atoms with E-state index in [2.05, 4.69) is 9.47 Å². The summed E-state index contributed by atoms with van der Waals surface area (Å²) in [5.41, 5.74) is 0. The molecule has 0 spiro atoms. The zero-order valence-electron chi connectivity index (χ0n) is 8.27. The summed E-state index contributed by atoms with van der Waals surface area (Å²) in [6.07, 6.45) is -9.08. The average molecular weight is 274 g/mol. The lowest BCUT2D eigenvalue weighted by Crippen LogP contribution is -2.35. The van der Waals surface area contributed by atoms with E-state index in [4.69, 9.17) is 20.4 Å². The van der Waals surface area contributed by atoms with E-state index in [1.807, 2.05) is 0 Å². The molecule has 0 saturated heterocycles. The summed E-state index contributed by atoms with van der Waals surface area (Å²) in [5.74, 6) is -5.78. The first-order valence-electron chi connectivity index (χ1n) is 4.13. The molecule has 0 unspecified atom stereocenters. The fourth-order valence-electron chi connectivity index (χ4n) is 0.965. The highest BCUT2D eigenvalue weighted by Gasteiger charge is 2.34. The van der Waals surface area contributed by atoms with Gasteiger partial charge < -0.3 is 29.9 Å². The molecule has 0 saturated carbocycles. The molecule has 0 aliphatic carbocycles. The van der Waals surface area contributed by atoms with E-state index in [0.29, 0.717) is 12.1 Å². The summed E-state index contributed by atoms with van der Waals surface area (Å²) in [7, 11) is 0. The monoisotopic (exact) mass is 274 g/mol. The lowest BCUT2D eigenvalue weighted by molar-refractivity contribution is -0.420. The molecular weight excluding hydrogens is 268 g/mol. The lowest BCUT2D eigenvalue weighted by Gasteiger charge is -2.18. The quantitative estimate of drug-likeness (QED) is 0.470. The van der Waals surface area contributed by atoms with Crippen molar-refractivity contribution in [2.24, 2.45) is 0 Å². The van der Waals surface area contributed by atoms with Gasteiger partial charge in [0.1, 0.15) is 0 Å². The van der Waals surface area contributed by atoms with Crippen LogP contribution in [0.3, 0.4) is 0 Å². The Morgan fingerprint density at radius 3 is 2.00 bits per heavy atom. The summed E-state index contributed by atoms with van der Waals surface area (Å²) < 4.78 is 55.8. The maximum absolute atomic E-state index is 13.4. The average Bonchev–Trinajstić information content (AvgIpc) is 2.14. The number of phenols is 1. The summed E-state index contributed by atoms with van der Waals surface area (Å²) >= 11 is 0. The van der Waals surface area contributed by atoms with Gasteiger partial charge in [0.25, 0.3) is 0 Å². The van der Waals surface area contributed by atoms with Crippen LogP contribution >= 0.6 is 0 Å². The smallest absolute Gasteiger partial charge is 0.504 e. The lowest BCUT2D eigenvalue weighted by atomic mass is 10.3. The van der Waals surface area contributed by atoms with Crippen LogP contribution in [0, 0.1) is 5.82 Å². The van der Waals surface area contributed by atoms with Crippen molar-refractivity contribution in [1.82, 2.24) is 0 Å². The molecule has 1 aromatic carbocycles. The van der Waals surface area contributed by atoms with Gasteiger partial charge in [-0.3, -0.25) is 0 Å². The predicted octanol–water partition coefficient (Wildman–Crippen LogP) is 0.397. The molecular formula is C8H6F4O6. The van der Waals surface area contributed by atoms with Crippen molar-refractivity contribution in [3.63, 3.8) is 0 Å². The number of halogens is 4. The SMILES string of the molecule is Oc1ccc(OC(F)(F)F)c(F)c1OC(O)(O)O. The Hall–Kier alpha value is -1.78. The van der Waals surface area contributed by atoms with Crippen LogP contribution in [0.25, 0.3) is 0 Å². The van der Waals surface area contributed by atoms with Crippen LogP contribution in [0.2, 0.25) is 0 Å². The van der Waals surface area contributed by atoms with Crippen LogP contribution in [0.1, 0.15) is 0 Å². The molecule has 1 rings (SSSR count). The third-order valence-corrected chi connectivity index (χ3v) is 1.51. The minimum Gasteiger partial charge on any atom is -0.504 e. The van der Waals surface area contributed by atoms with Crippen LogP contribution in [-0.2, 0) is 0 Å². The molecule has 102 valence electrons. The van der Waals surface area contributed by atoms with Crippen LogP contribution < -0.4 is 9.47 Å². The number of hydrogen-bond acceptors (Lipinski definition) is 6. The van der Waals surface area contributed by atoms with Gasteiger partial charge in [0, 0.05) is 0 Å². The molecule has 4 N–H and O–H groups in total. The maximum atomic E-state index is 13.4. The minimum absolute atomic E-state index is 0.429. The topological polar surface area (TPSA) is 99.4 Å².